The Morgan fingerprint density at radius 1 is 1.38 bits per heavy atom. The van der Waals surface area contributed by atoms with Gasteiger partial charge in [-0.3, -0.25) is 10.1 Å². The summed E-state index contributed by atoms with van der Waals surface area (Å²) >= 11 is 0. The molecule has 0 radical (unpaired) electrons. The summed E-state index contributed by atoms with van der Waals surface area (Å²) in [5.74, 6) is 0. The average molecular weight is 226 g/mol. The highest BCUT2D eigenvalue weighted by Crippen LogP contribution is 2.16. The normalized spacial score (nSPS) is 12.4. The molecular weight excluding hydrogens is 212 g/mol. The van der Waals surface area contributed by atoms with E-state index in [1.165, 1.54) is 24.3 Å². The van der Waals surface area contributed by atoms with Crippen LogP contribution >= 0.6 is 0 Å². The fraction of sp³-hybridized carbons (Fsp3) is 0.400. The summed E-state index contributed by atoms with van der Waals surface area (Å²) in [7, 11) is 0. The Labute approximate surface area is 92.7 Å². The van der Waals surface area contributed by atoms with Gasteiger partial charge in [0.05, 0.1) is 17.6 Å². The number of nitro groups is 1. The Morgan fingerprint density at radius 3 is 2.50 bits per heavy atom. The molecule has 0 unspecified atom stereocenters. The maximum atomic E-state index is 10.4. The van der Waals surface area contributed by atoms with E-state index in [2.05, 4.69) is 5.32 Å². The van der Waals surface area contributed by atoms with Crippen LogP contribution in [0.5, 0.6) is 0 Å². The van der Waals surface area contributed by atoms with E-state index in [4.69, 9.17) is 5.11 Å². The zero-order valence-corrected chi connectivity index (χ0v) is 8.67. The van der Waals surface area contributed by atoms with E-state index in [1.54, 1.807) is 0 Å². The molecule has 1 aromatic rings. The molecule has 0 fully saturated rings. The van der Waals surface area contributed by atoms with Gasteiger partial charge in [0.25, 0.3) is 5.69 Å². The van der Waals surface area contributed by atoms with Crippen molar-refractivity contribution in [2.24, 2.45) is 0 Å². The van der Waals surface area contributed by atoms with Gasteiger partial charge in [-0.2, -0.15) is 0 Å². The number of aliphatic hydroxyl groups is 2. The average Bonchev–Trinajstić information content (AvgIpc) is 2.29. The highest BCUT2D eigenvalue weighted by molar-refractivity contribution is 5.33. The molecule has 1 atom stereocenters. The minimum Gasteiger partial charge on any atom is -0.395 e. The van der Waals surface area contributed by atoms with Crippen molar-refractivity contribution in [2.45, 2.75) is 6.10 Å². The number of nitrogens with zero attached hydrogens (tertiary/aromatic N) is 1. The lowest BCUT2D eigenvalue weighted by Crippen LogP contribution is -2.24. The second-order valence-corrected chi connectivity index (χ2v) is 3.29. The van der Waals surface area contributed by atoms with Gasteiger partial charge < -0.3 is 15.5 Å². The molecule has 0 aliphatic rings. The second-order valence-electron chi connectivity index (χ2n) is 3.29. The van der Waals surface area contributed by atoms with Crippen LogP contribution in [0.1, 0.15) is 11.7 Å². The van der Waals surface area contributed by atoms with Gasteiger partial charge in [-0.05, 0) is 17.7 Å². The predicted octanol–water partition coefficient (Wildman–Crippen LogP) is 0.210. The van der Waals surface area contributed by atoms with E-state index in [0.717, 1.165) is 0 Å². The van der Waals surface area contributed by atoms with Crippen molar-refractivity contribution in [1.29, 1.82) is 0 Å². The summed E-state index contributed by atoms with van der Waals surface area (Å²) in [6.07, 6.45) is -0.729. The molecule has 0 spiro atoms. The van der Waals surface area contributed by atoms with E-state index in [-0.39, 0.29) is 12.3 Å². The van der Waals surface area contributed by atoms with Crippen LogP contribution in [-0.2, 0) is 0 Å². The Balaban J connectivity index is 2.56. The Kier molecular flexibility index (Phi) is 4.84. The summed E-state index contributed by atoms with van der Waals surface area (Å²) in [5.41, 5.74) is 0.607. The van der Waals surface area contributed by atoms with Crippen molar-refractivity contribution < 1.29 is 15.1 Å². The van der Waals surface area contributed by atoms with E-state index >= 15 is 0 Å². The van der Waals surface area contributed by atoms with Crippen molar-refractivity contribution in [2.75, 3.05) is 19.7 Å². The van der Waals surface area contributed by atoms with Gasteiger partial charge in [-0.25, -0.2) is 0 Å². The van der Waals surface area contributed by atoms with Crippen molar-refractivity contribution in [3.8, 4) is 0 Å². The fourth-order valence-corrected chi connectivity index (χ4v) is 1.25. The largest absolute Gasteiger partial charge is 0.395 e. The topological polar surface area (TPSA) is 95.6 Å². The molecular formula is C10H14N2O4. The van der Waals surface area contributed by atoms with E-state index in [1.807, 2.05) is 0 Å². The first-order valence-corrected chi connectivity index (χ1v) is 4.89. The number of hydrogen-bond donors (Lipinski definition) is 3. The zero-order chi connectivity index (χ0) is 12.0. The van der Waals surface area contributed by atoms with Crippen LogP contribution in [0, 0.1) is 10.1 Å². The molecule has 1 rings (SSSR count). The lowest BCUT2D eigenvalue weighted by Gasteiger charge is -2.11. The minimum absolute atomic E-state index is 0.000678. The molecule has 6 heteroatoms. The summed E-state index contributed by atoms with van der Waals surface area (Å²) < 4.78 is 0. The maximum Gasteiger partial charge on any atom is 0.269 e. The Hall–Kier alpha value is -1.50. The van der Waals surface area contributed by atoms with Crippen LogP contribution in [0.4, 0.5) is 5.69 Å². The molecule has 0 heterocycles. The quantitative estimate of drug-likeness (QED) is 0.366. The van der Waals surface area contributed by atoms with Gasteiger partial charge >= 0.3 is 0 Å². The Morgan fingerprint density at radius 2 is 2.00 bits per heavy atom. The molecule has 16 heavy (non-hydrogen) atoms. The molecule has 1 aromatic carbocycles. The van der Waals surface area contributed by atoms with Crippen LogP contribution < -0.4 is 5.32 Å². The van der Waals surface area contributed by atoms with Crippen LogP contribution in [0.2, 0.25) is 0 Å². The fourth-order valence-electron chi connectivity index (χ4n) is 1.25. The molecule has 0 aromatic heterocycles. The molecule has 3 N–H and O–H groups in total. The van der Waals surface area contributed by atoms with Gasteiger partial charge in [-0.1, -0.05) is 0 Å². The monoisotopic (exact) mass is 226 g/mol. The lowest BCUT2D eigenvalue weighted by atomic mass is 10.1. The molecule has 6 nitrogen and oxygen atoms in total. The van der Waals surface area contributed by atoms with Crippen LogP contribution in [0.3, 0.4) is 0 Å². The first-order chi connectivity index (χ1) is 7.65. The third-order valence-electron chi connectivity index (χ3n) is 2.11. The first kappa shape index (κ1) is 12.6. The van der Waals surface area contributed by atoms with Gasteiger partial charge in [0.1, 0.15) is 0 Å². The molecule has 0 aliphatic heterocycles. The summed E-state index contributed by atoms with van der Waals surface area (Å²) in [6.45, 7) is 0.718. The number of rotatable bonds is 6. The maximum absolute atomic E-state index is 10.4. The van der Waals surface area contributed by atoms with Gasteiger partial charge in [0, 0.05) is 25.2 Å². The van der Waals surface area contributed by atoms with Gasteiger partial charge in [0.2, 0.25) is 0 Å². The van der Waals surface area contributed by atoms with Crippen molar-refractivity contribution >= 4 is 5.69 Å². The number of nitro benzene ring substituents is 1. The van der Waals surface area contributed by atoms with Crippen LogP contribution in [0.25, 0.3) is 0 Å². The third kappa shape index (κ3) is 3.58. The van der Waals surface area contributed by atoms with E-state index in [0.29, 0.717) is 18.7 Å². The first-order valence-electron chi connectivity index (χ1n) is 4.89. The molecule has 0 aliphatic carbocycles. The molecule has 0 bridgehead atoms. The lowest BCUT2D eigenvalue weighted by molar-refractivity contribution is -0.384. The molecule has 0 saturated carbocycles. The third-order valence-corrected chi connectivity index (χ3v) is 2.11. The minimum atomic E-state index is -0.729. The van der Waals surface area contributed by atoms with Crippen molar-refractivity contribution in [3.05, 3.63) is 39.9 Å². The highest BCUT2D eigenvalue weighted by atomic mass is 16.6. The summed E-state index contributed by atoms with van der Waals surface area (Å²) in [4.78, 5) is 9.91. The van der Waals surface area contributed by atoms with Crippen LogP contribution in [-0.4, -0.2) is 34.8 Å². The number of hydrogen-bond acceptors (Lipinski definition) is 5. The highest BCUT2D eigenvalue weighted by Gasteiger charge is 2.09. The number of aliphatic hydroxyl groups excluding tert-OH is 2. The van der Waals surface area contributed by atoms with E-state index in [9.17, 15) is 15.2 Å². The van der Waals surface area contributed by atoms with Crippen LogP contribution in [0.15, 0.2) is 24.3 Å². The standard InChI is InChI=1S/C10H14N2O4/c13-6-5-11-7-10(14)8-1-3-9(4-2-8)12(15)16/h1-4,10-11,13-14H,5-7H2/t10-/m1/s1. The van der Waals surface area contributed by atoms with Gasteiger partial charge in [0.15, 0.2) is 0 Å². The number of non-ortho nitro benzene ring substituents is 1. The predicted molar refractivity (Wildman–Crippen MR) is 58.0 cm³/mol. The van der Waals surface area contributed by atoms with Crippen molar-refractivity contribution in [3.63, 3.8) is 0 Å². The summed E-state index contributed by atoms with van der Waals surface area (Å²) in [6, 6.07) is 5.74. The van der Waals surface area contributed by atoms with E-state index < -0.39 is 11.0 Å². The molecule has 0 amide bonds. The molecule has 0 saturated heterocycles. The number of benzene rings is 1. The second kappa shape index (κ2) is 6.16. The van der Waals surface area contributed by atoms with Gasteiger partial charge in [-0.15, -0.1) is 0 Å². The number of nitrogens with one attached hydrogen (secondary N) is 1. The SMILES string of the molecule is O=[N+]([O-])c1ccc([C@H](O)CNCCO)cc1. The summed E-state index contributed by atoms with van der Waals surface area (Å²) in [5, 5.41) is 31.4. The molecule has 88 valence electrons. The van der Waals surface area contributed by atoms with Crippen molar-refractivity contribution in [1.82, 2.24) is 5.32 Å². The smallest absolute Gasteiger partial charge is 0.269 e. The Bertz CT molecular complexity index is 339. The zero-order valence-electron chi connectivity index (χ0n) is 8.67.